The summed E-state index contributed by atoms with van der Waals surface area (Å²) in [5.74, 6) is 0.781. The number of hydrogen-bond donors (Lipinski definition) is 0. The summed E-state index contributed by atoms with van der Waals surface area (Å²) < 4.78 is 12.9. The summed E-state index contributed by atoms with van der Waals surface area (Å²) in [6.45, 7) is 7.45. The third kappa shape index (κ3) is 3.44. The van der Waals surface area contributed by atoms with Gasteiger partial charge in [-0.25, -0.2) is 0 Å². The quantitative estimate of drug-likeness (QED) is 0.758. The van der Waals surface area contributed by atoms with Crippen LogP contribution in [0.15, 0.2) is 6.20 Å². The lowest BCUT2D eigenvalue weighted by Gasteiger charge is -2.26. The van der Waals surface area contributed by atoms with Gasteiger partial charge >= 0.3 is 0 Å². The van der Waals surface area contributed by atoms with Crippen molar-refractivity contribution in [3.05, 3.63) is 11.8 Å². The number of hydrogen-bond acceptors (Lipinski definition) is 4. The molecule has 5 heteroatoms. The van der Waals surface area contributed by atoms with Gasteiger partial charge in [0.25, 0.3) is 0 Å². The van der Waals surface area contributed by atoms with Crippen LogP contribution in [0, 0.1) is 0 Å². The molecule has 0 saturated carbocycles. The summed E-state index contributed by atoms with van der Waals surface area (Å²) in [6.07, 6.45) is 2.98. The molecule has 17 heavy (non-hydrogen) atoms. The van der Waals surface area contributed by atoms with Gasteiger partial charge in [0, 0.05) is 38.4 Å². The molecule has 0 aromatic carbocycles. The molecule has 1 aliphatic heterocycles. The number of aromatic nitrogens is 2. The van der Waals surface area contributed by atoms with E-state index in [9.17, 15) is 0 Å². The van der Waals surface area contributed by atoms with E-state index in [1.165, 1.54) is 5.56 Å². The standard InChI is InChI=1S/C12H21N3O2/c1-3-11-10-14(2)13-12(11)17-9-6-15-4-7-16-8-5-15/h10H,3-9H2,1-2H3. The average molecular weight is 239 g/mol. The van der Waals surface area contributed by atoms with E-state index in [-0.39, 0.29) is 0 Å². The molecular formula is C12H21N3O2. The zero-order valence-electron chi connectivity index (χ0n) is 10.7. The van der Waals surface area contributed by atoms with Gasteiger partial charge in [-0.3, -0.25) is 9.58 Å². The molecule has 2 heterocycles. The fraction of sp³-hybridized carbons (Fsp3) is 0.750. The van der Waals surface area contributed by atoms with E-state index in [0.29, 0.717) is 6.61 Å². The minimum Gasteiger partial charge on any atom is -0.475 e. The molecule has 0 atom stereocenters. The summed E-state index contributed by atoms with van der Waals surface area (Å²) >= 11 is 0. The van der Waals surface area contributed by atoms with E-state index < -0.39 is 0 Å². The van der Waals surface area contributed by atoms with Gasteiger partial charge in [0.2, 0.25) is 5.88 Å². The molecule has 1 aromatic rings. The van der Waals surface area contributed by atoms with Crippen LogP contribution in [-0.4, -0.2) is 54.1 Å². The van der Waals surface area contributed by atoms with Crippen molar-refractivity contribution in [2.75, 3.05) is 39.5 Å². The largest absolute Gasteiger partial charge is 0.475 e. The Kier molecular flexibility index (Phi) is 4.39. The third-order valence-electron chi connectivity index (χ3n) is 3.00. The molecule has 5 nitrogen and oxygen atoms in total. The molecular weight excluding hydrogens is 218 g/mol. The van der Waals surface area contributed by atoms with Crippen LogP contribution in [0.3, 0.4) is 0 Å². The lowest BCUT2D eigenvalue weighted by atomic mass is 10.3. The molecule has 0 amide bonds. The van der Waals surface area contributed by atoms with E-state index in [0.717, 1.165) is 45.1 Å². The monoisotopic (exact) mass is 239 g/mol. The first kappa shape index (κ1) is 12.4. The van der Waals surface area contributed by atoms with Gasteiger partial charge in [0.05, 0.1) is 13.2 Å². The molecule has 0 bridgehead atoms. The average Bonchev–Trinajstić information content (AvgIpc) is 2.71. The van der Waals surface area contributed by atoms with Gasteiger partial charge < -0.3 is 9.47 Å². The Morgan fingerprint density at radius 1 is 1.41 bits per heavy atom. The van der Waals surface area contributed by atoms with Crippen LogP contribution in [-0.2, 0) is 18.2 Å². The Hall–Kier alpha value is -1.07. The maximum atomic E-state index is 5.74. The topological polar surface area (TPSA) is 39.5 Å². The van der Waals surface area contributed by atoms with Crippen LogP contribution in [0.25, 0.3) is 0 Å². The molecule has 0 unspecified atom stereocenters. The van der Waals surface area contributed by atoms with Gasteiger partial charge in [0.1, 0.15) is 6.61 Å². The maximum Gasteiger partial charge on any atom is 0.235 e. The van der Waals surface area contributed by atoms with Crippen LogP contribution >= 0.6 is 0 Å². The highest BCUT2D eigenvalue weighted by molar-refractivity contribution is 5.22. The molecule has 1 saturated heterocycles. The van der Waals surface area contributed by atoms with Crippen LogP contribution in [0.4, 0.5) is 0 Å². The number of aryl methyl sites for hydroxylation is 2. The normalized spacial score (nSPS) is 17.3. The van der Waals surface area contributed by atoms with Gasteiger partial charge in [-0.15, -0.1) is 5.10 Å². The molecule has 1 aromatic heterocycles. The Labute approximate surface area is 102 Å². The van der Waals surface area contributed by atoms with Crippen LogP contribution in [0.1, 0.15) is 12.5 Å². The highest BCUT2D eigenvalue weighted by atomic mass is 16.5. The number of nitrogens with zero attached hydrogens (tertiary/aromatic N) is 3. The number of rotatable bonds is 5. The second-order valence-corrected chi connectivity index (χ2v) is 4.29. The summed E-state index contributed by atoms with van der Waals surface area (Å²) in [5.41, 5.74) is 1.18. The van der Waals surface area contributed by atoms with Crippen molar-refractivity contribution in [2.45, 2.75) is 13.3 Å². The van der Waals surface area contributed by atoms with Crippen LogP contribution < -0.4 is 4.74 Å². The maximum absolute atomic E-state index is 5.74. The Bertz CT molecular complexity index is 346. The van der Waals surface area contributed by atoms with E-state index in [1.807, 2.05) is 17.9 Å². The van der Waals surface area contributed by atoms with E-state index in [4.69, 9.17) is 9.47 Å². The van der Waals surface area contributed by atoms with Crippen molar-refractivity contribution in [1.82, 2.24) is 14.7 Å². The highest BCUT2D eigenvalue weighted by Crippen LogP contribution is 2.15. The van der Waals surface area contributed by atoms with Gasteiger partial charge in [0.15, 0.2) is 0 Å². The fourth-order valence-electron chi connectivity index (χ4n) is 1.98. The predicted octanol–water partition coefficient (Wildman–Crippen LogP) is 0.693. The molecule has 0 radical (unpaired) electrons. The Morgan fingerprint density at radius 3 is 2.88 bits per heavy atom. The van der Waals surface area contributed by atoms with Crippen molar-refractivity contribution >= 4 is 0 Å². The zero-order valence-corrected chi connectivity index (χ0v) is 10.7. The Morgan fingerprint density at radius 2 is 2.18 bits per heavy atom. The number of ether oxygens (including phenoxy) is 2. The lowest BCUT2D eigenvalue weighted by Crippen LogP contribution is -2.38. The molecule has 0 N–H and O–H groups in total. The van der Waals surface area contributed by atoms with E-state index in [2.05, 4.69) is 16.9 Å². The first-order valence-electron chi connectivity index (χ1n) is 6.25. The summed E-state index contributed by atoms with van der Waals surface area (Å²) in [5, 5.41) is 4.32. The second-order valence-electron chi connectivity index (χ2n) is 4.29. The number of morpholine rings is 1. The van der Waals surface area contributed by atoms with Crippen molar-refractivity contribution in [3.8, 4) is 5.88 Å². The highest BCUT2D eigenvalue weighted by Gasteiger charge is 2.11. The molecule has 0 spiro atoms. The summed E-state index contributed by atoms with van der Waals surface area (Å²) in [4.78, 5) is 2.36. The minimum atomic E-state index is 0.698. The molecule has 0 aliphatic carbocycles. The molecule has 96 valence electrons. The van der Waals surface area contributed by atoms with Crippen molar-refractivity contribution in [3.63, 3.8) is 0 Å². The molecule has 1 fully saturated rings. The first-order valence-corrected chi connectivity index (χ1v) is 6.25. The van der Waals surface area contributed by atoms with Gasteiger partial charge in [-0.2, -0.15) is 0 Å². The minimum absolute atomic E-state index is 0.698. The summed E-state index contributed by atoms with van der Waals surface area (Å²) in [6, 6.07) is 0. The molecule has 1 aliphatic rings. The van der Waals surface area contributed by atoms with Crippen molar-refractivity contribution in [1.29, 1.82) is 0 Å². The van der Waals surface area contributed by atoms with E-state index in [1.54, 1.807) is 0 Å². The second kappa shape index (κ2) is 6.02. The smallest absolute Gasteiger partial charge is 0.235 e. The van der Waals surface area contributed by atoms with Crippen LogP contribution in [0.2, 0.25) is 0 Å². The predicted molar refractivity (Wildman–Crippen MR) is 65.3 cm³/mol. The van der Waals surface area contributed by atoms with Crippen molar-refractivity contribution < 1.29 is 9.47 Å². The van der Waals surface area contributed by atoms with Crippen molar-refractivity contribution in [2.24, 2.45) is 7.05 Å². The zero-order chi connectivity index (χ0) is 12.1. The van der Waals surface area contributed by atoms with Gasteiger partial charge in [-0.1, -0.05) is 6.92 Å². The lowest BCUT2D eigenvalue weighted by molar-refractivity contribution is 0.0319. The summed E-state index contributed by atoms with van der Waals surface area (Å²) in [7, 11) is 1.92. The third-order valence-corrected chi connectivity index (χ3v) is 3.00. The Balaban J connectivity index is 1.76. The fourth-order valence-corrected chi connectivity index (χ4v) is 1.98. The van der Waals surface area contributed by atoms with Gasteiger partial charge in [-0.05, 0) is 6.42 Å². The van der Waals surface area contributed by atoms with Crippen LogP contribution in [0.5, 0.6) is 5.88 Å². The molecule has 2 rings (SSSR count). The van der Waals surface area contributed by atoms with E-state index >= 15 is 0 Å². The first-order chi connectivity index (χ1) is 8.29. The SMILES string of the molecule is CCc1cn(C)nc1OCCN1CCOCC1.